The molecular weight excluding hydrogens is 228 g/mol. The van der Waals surface area contributed by atoms with Crippen molar-refractivity contribution in [1.82, 2.24) is 0 Å². The molecule has 0 amide bonds. The van der Waals surface area contributed by atoms with E-state index in [0.717, 1.165) is 0 Å². The maximum Gasteiger partial charge on any atom is -0.0144 e. The van der Waals surface area contributed by atoms with Crippen LogP contribution in [0.5, 0.6) is 0 Å². The lowest BCUT2D eigenvalue weighted by atomic mass is 9.84. The minimum atomic E-state index is 0.549. The van der Waals surface area contributed by atoms with Crippen molar-refractivity contribution in [3.63, 3.8) is 0 Å². The summed E-state index contributed by atoms with van der Waals surface area (Å²) in [6.45, 7) is 11.3. The molecule has 0 aromatic heterocycles. The third-order valence-electron chi connectivity index (χ3n) is 3.77. The van der Waals surface area contributed by atoms with E-state index in [1.807, 2.05) is 0 Å². The Morgan fingerprint density at radius 1 is 0.684 bits per heavy atom. The summed E-state index contributed by atoms with van der Waals surface area (Å²) in [5.74, 6) is 1.12. The molecule has 0 aliphatic carbocycles. The van der Waals surface area contributed by atoms with Crippen molar-refractivity contribution in [1.29, 1.82) is 0 Å². The Morgan fingerprint density at radius 2 is 1.32 bits per heavy atom. The van der Waals surface area contributed by atoms with Crippen molar-refractivity contribution in [3.8, 4) is 11.1 Å². The Labute approximate surface area is 117 Å². The van der Waals surface area contributed by atoms with Crippen molar-refractivity contribution in [2.45, 2.75) is 46.5 Å². The van der Waals surface area contributed by atoms with E-state index in [0.29, 0.717) is 11.8 Å². The van der Waals surface area contributed by atoms with E-state index in [1.54, 1.807) is 0 Å². The number of benzene rings is 2. The third kappa shape index (κ3) is 2.73. The minimum Gasteiger partial charge on any atom is -0.0620 e. The molecule has 2 rings (SSSR count). The van der Waals surface area contributed by atoms with E-state index in [2.05, 4.69) is 77.1 Å². The first-order valence-corrected chi connectivity index (χ1v) is 7.21. The summed E-state index contributed by atoms with van der Waals surface area (Å²) in [5.41, 5.74) is 7.11. The second-order valence-corrected chi connectivity index (χ2v) is 5.93. The van der Waals surface area contributed by atoms with Gasteiger partial charge in [0, 0.05) is 0 Å². The molecule has 0 nitrogen and oxygen atoms in total. The molecule has 0 saturated carbocycles. The lowest BCUT2D eigenvalue weighted by molar-refractivity contribution is 0.792. The zero-order valence-corrected chi connectivity index (χ0v) is 12.7. The molecule has 100 valence electrons. The highest BCUT2D eigenvalue weighted by atomic mass is 14.2. The monoisotopic (exact) mass is 252 g/mol. The zero-order chi connectivity index (χ0) is 14.0. The Balaban J connectivity index is 2.71. The van der Waals surface area contributed by atoms with Crippen LogP contribution in [0.1, 0.15) is 56.2 Å². The van der Waals surface area contributed by atoms with Gasteiger partial charge in [-0.3, -0.25) is 0 Å². The van der Waals surface area contributed by atoms with Crippen LogP contribution in [0.25, 0.3) is 11.1 Å². The van der Waals surface area contributed by atoms with Gasteiger partial charge in [-0.25, -0.2) is 0 Å². The fourth-order valence-corrected chi connectivity index (χ4v) is 2.84. The molecule has 0 unspecified atom stereocenters. The fraction of sp³-hybridized carbons (Fsp3) is 0.368. The van der Waals surface area contributed by atoms with Gasteiger partial charge in [-0.05, 0) is 46.6 Å². The highest BCUT2D eigenvalue weighted by Gasteiger charge is 2.15. The van der Waals surface area contributed by atoms with E-state index >= 15 is 0 Å². The van der Waals surface area contributed by atoms with Gasteiger partial charge in [0.15, 0.2) is 0 Å². The maximum absolute atomic E-state index is 2.29. The molecular formula is C19H24. The lowest BCUT2D eigenvalue weighted by Crippen LogP contribution is -2.02. The van der Waals surface area contributed by atoms with E-state index in [9.17, 15) is 0 Å². The van der Waals surface area contributed by atoms with Crippen LogP contribution in [0.2, 0.25) is 0 Å². The summed E-state index contributed by atoms with van der Waals surface area (Å²) in [4.78, 5) is 0. The largest absolute Gasteiger partial charge is 0.0620 e. The van der Waals surface area contributed by atoms with Crippen molar-refractivity contribution in [2.24, 2.45) is 0 Å². The summed E-state index contributed by atoms with van der Waals surface area (Å²) in [6, 6.07) is 15.4. The van der Waals surface area contributed by atoms with E-state index in [4.69, 9.17) is 0 Å². The smallest absolute Gasteiger partial charge is 0.0144 e. The summed E-state index contributed by atoms with van der Waals surface area (Å²) in [5, 5.41) is 0. The zero-order valence-electron chi connectivity index (χ0n) is 12.7. The summed E-state index contributed by atoms with van der Waals surface area (Å²) in [7, 11) is 0. The first-order valence-electron chi connectivity index (χ1n) is 7.21. The van der Waals surface area contributed by atoms with E-state index in [-0.39, 0.29) is 0 Å². The molecule has 0 heteroatoms. The van der Waals surface area contributed by atoms with Crippen LogP contribution in [-0.4, -0.2) is 0 Å². The first-order chi connectivity index (χ1) is 9.02. The molecule has 0 spiro atoms. The van der Waals surface area contributed by atoms with E-state index in [1.165, 1.54) is 27.8 Å². The quantitative estimate of drug-likeness (QED) is 0.637. The van der Waals surface area contributed by atoms with Crippen molar-refractivity contribution >= 4 is 0 Å². The van der Waals surface area contributed by atoms with Crippen LogP contribution in [-0.2, 0) is 0 Å². The van der Waals surface area contributed by atoms with Crippen LogP contribution in [0.3, 0.4) is 0 Å². The number of hydrogen-bond acceptors (Lipinski definition) is 0. The molecule has 0 saturated heterocycles. The van der Waals surface area contributed by atoms with Crippen LogP contribution >= 0.6 is 0 Å². The minimum absolute atomic E-state index is 0.549. The average molecular weight is 252 g/mol. The Hall–Kier alpha value is -1.56. The second kappa shape index (κ2) is 5.61. The molecule has 19 heavy (non-hydrogen) atoms. The van der Waals surface area contributed by atoms with Gasteiger partial charge in [0.25, 0.3) is 0 Å². The summed E-state index contributed by atoms with van der Waals surface area (Å²) < 4.78 is 0. The second-order valence-electron chi connectivity index (χ2n) is 5.93. The van der Waals surface area contributed by atoms with Crippen LogP contribution in [0.15, 0.2) is 42.5 Å². The van der Waals surface area contributed by atoms with Gasteiger partial charge in [-0.1, -0.05) is 70.2 Å². The predicted octanol–water partition coefficient (Wildman–Crippen LogP) is 5.91. The van der Waals surface area contributed by atoms with Gasteiger partial charge in [-0.15, -0.1) is 0 Å². The summed E-state index contributed by atoms with van der Waals surface area (Å²) >= 11 is 0. The molecule has 0 aliphatic rings. The van der Waals surface area contributed by atoms with Gasteiger partial charge in [0.2, 0.25) is 0 Å². The number of hydrogen-bond donors (Lipinski definition) is 0. The van der Waals surface area contributed by atoms with Gasteiger partial charge < -0.3 is 0 Å². The molecule has 0 N–H and O–H groups in total. The average Bonchev–Trinajstić information content (AvgIpc) is 2.38. The molecule has 2 aromatic carbocycles. The van der Waals surface area contributed by atoms with Gasteiger partial charge in [0.1, 0.15) is 0 Å². The summed E-state index contributed by atoms with van der Waals surface area (Å²) in [6.07, 6.45) is 0. The first kappa shape index (κ1) is 13.9. The number of rotatable bonds is 3. The molecule has 2 aromatic rings. The SMILES string of the molecule is Cc1ccccc1-c1cccc(C(C)C)c1C(C)C. The molecule has 0 atom stereocenters. The van der Waals surface area contributed by atoms with Gasteiger partial charge in [0.05, 0.1) is 0 Å². The van der Waals surface area contributed by atoms with Crippen molar-refractivity contribution in [2.75, 3.05) is 0 Å². The molecule has 0 bridgehead atoms. The van der Waals surface area contributed by atoms with Crippen LogP contribution in [0, 0.1) is 6.92 Å². The third-order valence-corrected chi connectivity index (χ3v) is 3.77. The highest BCUT2D eigenvalue weighted by molar-refractivity contribution is 5.72. The molecule has 0 fully saturated rings. The maximum atomic E-state index is 2.29. The van der Waals surface area contributed by atoms with Gasteiger partial charge in [-0.2, -0.15) is 0 Å². The van der Waals surface area contributed by atoms with Gasteiger partial charge >= 0.3 is 0 Å². The Bertz CT molecular complexity index is 562. The molecule has 0 heterocycles. The van der Waals surface area contributed by atoms with Crippen molar-refractivity contribution in [3.05, 3.63) is 59.2 Å². The van der Waals surface area contributed by atoms with Crippen molar-refractivity contribution < 1.29 is 0 Å². The Kier molecular flexibility index (Phi) is 4.09. The van der Waals surface area contributed by atoms with E-state index < -0.39 is 0 Å². The molecule has 0 radical (unpaired) electrons. The fourth-order valence-electron chi connectivity index (χ4n) is 2.84. The highest BCUT2D eigenvalue weighted by Crippen LogP contribution is 2.36. The van der Waals surface area contributed by atoms with Crippen LogP contribution in [0.4, 0.5) is 0 Å². The molecule has 0 aliphatic heterocycles. The Morgan fingerprint density at radius 3 is 1.89 bits per heavy atom. The topological polar surface area (TPSA) is 0 Å². The lowest BCUT2D eigenvalue weighted by Gasteiger charge is -2.21. The van der Waals surface area contributed by atoms with Crippen LogP contribution < -0.4 is 0 Å². The number of aryl methyl sites for hydroxylation is 1. The standard InChI is InChI=1S/C19H24/c1-13(2)16-11-8-12-18(19(16)14(3)4)17-10-7-6-9-15(17)5/h6-14H,1-5H3. The normalized spacial score (nSPS) is 11.3. The predicted molar refractivity (Wildman–Crippen MR) is 84.8 cm³/mol.